The van der Waals surface area contributed by atoms with Crippen LogP contribution in [0.25, 0.3) is 0 Å². The monoisotopic (exact) mass is 159 g/mol. The fourth-order valence-electron chi connectivity index (χ4n) is 1.89. The van der Waals surface area contributed by atoms with E-state index in [0.717, 1.165) is 6.42 Å². The number of quaternary nitrogens is 1. The van der Waals surface area contributed by atoms with E-state index < -0.39 is 0 Å². The van der Waals surface area contributed by atoms with E-state index in [4.69, 9.17) is 0 Å². The van der Waals surface area contributed by atoms with Crippen molar-refractivity contribution in [3.05, 3.63) is 0 Å². The van der Waals surface area contributed by atoms with E-state index in [1.807, 2.05) is 27.7 Å². The van der Waals surface area contributed by atoms with Crippen LogP contribution in [0.4, 0.5) is 0 Å². The maximum Gasteiger partial charge on any atom is 0.107 e. The van der Waals surface area contributed by atoms with E-state index in [1.165, 1.54) is 5.06 Å². The zero-order valence-corrected chi connectivity index (χ0v) is 7.89. The Labute approximate surface area is 68.1 Å². The Kier molecular flexibility index (Phi) is 1.78. The van der Waals surface area contributed by atoms with Gasteiger partial charge in [0, 0.05) is 12.0 Å². The van der Waals surface area contributed by atoms with Gasteiger partial charge in [-0.2, -0.15) is 5.06 Å². The molecular weight excluding hydrogens is 140 g/mol. The van der Waals surface area contributed by atoms with E-state index >= 15 is 0 Å². The molecule has 1 aliphatic rings. The molecule has 1 fully saturated rings. The van der Waals surface area contributed by atoms with E-state index in [9.17, 15) is 5.21 Å². The Hall–Kier alpha value is -0.120. The molecule has 66 valence electrons. The SMILES string of the molecule is CC1(C)C[C@@H]([NH3+])C(C)(C)N1O. The summed E-state index contributed by atoms with van der Waals surface area (Å²) in [7, 11) is 0. The Morgan fingerprint density at radius 2 is 1.82 bits per heavy atom. The highest BCUT2D eigenvalue weighted by atomic mass is 16.5. The highest BCUT2D eigenvalue weighted by Gasteiger charge is 2.52. The summed E-state index contributed by atoms with van der Waals surface area (Å²) in [5.74, 6) is 0. The van der Waals surface area contributed by atoms with Crippen LogP contribution in [0.2, 0.25) is 0 Å². The number of nitrogens with zero attached hydrogens (tertiary/aromatic N) is 1. The van der Waals surface area contributed by atoms with Gasteiger partial charge < -0.3 is 10.9 Å². The van der Waals surface area contributed by atoms with Gasteiger partial charge in [0.1, 0.15) is 6.04 Å². The molecule has 1 aliphatic heterocycles. The molecule has 1 atom stereocenters. The molecule has 0 spiro atoms. The topological polar surface area (TPSA) is 51.1 Å². The van der Waals surface area contributed by atoms with Crippen LogP contribution in [0.1, 0.15) is 34.1 Å². The summed E-state index contributed by atoms with van der Waals surface area (Å²) in [6.45, 7) is 8.14. The quantitative estimate of drug-likeness (QED) is 0.532. The standard InChI is InChI=1S/C8H18N2O/c1-7(2)5-6(9)8(3,4)10(7)11/h6,11H,5,9H2,1-4H3/p+1/t6-/m1/s1. The molecule has 0 aromatic carbocycles. The van der Waals surface area contributed by atoms with Crippen molar-refractivity contribution >= 4 is 0 Å². The lowest BCUT2D eigenvalue weighted by Crippen LogP contribution is -2.69. The molecule has 11 heavy (non-hydrogen) atoms. The van der Waals surface area contributed by atoms with Crippen LogP contribution in [0.15, 0.2) is 0 Å². The first kappa shape index (κ1) is 8.97. The van der Waals surface area contributed by atoms with Crippen molar-refractivity contribution < 1.29 is 10.9 Å². The smallest absolute Gasteiger partial charge is 0.107 e. The van der Waals surface area contributed by atoms with E-state index in [1.54, 1.807) is 0 Å². The third kappa shape index (κ3) is 1.17. The highest BCUT2D eigenvalue weighted by Crippen LogP contribution is 2.36. The van der Waals surface area contributed by atoms with Gasteiger partial charge in [0.05, 0.1) is 5.54 Å². The fraction of sp³-hybridized carbons (Fsp3) is 1.00. The number of hydrogen-bond donors (Lipinski definition) is 2. The Morgan fingerprint density at radius 3 is 1.91 bits per heavy atom. The Balaban J connectivity index is 2.89. The van der Waals surface area contributed by atoms with Crippen molar-refractivity contribution in [1.29, 1.82) is 0 Å². The Morgan fingerprint density at radius 1 is 1.36 bits per heavy atom. The van der Waals surface area contributed by atoms with Crippen LogP contribution >= 0.6 is 0 Å². The summed E-state index contributed by atoms with van der Waals surface area (Å²) in [5.41, 5.74) is 3.74. The van der Waals surface area contributed by atoms with Crippen LogP contribution in [0.5, 0.6) is 0 Å². The molecule has 0 radical (unpaired) electrons. The van der Waals surface area contributed by atoms with Crippen LogP contribution in [-0.4, -0.2) is 27.4 Å². The maximum absolute atomic E-state index is 9.75. The third-order valence-corrected chi connectivity index (χ3v) is 2.86. The summed E-state index contributed by atoms with van der Waals surface area (Å²) in [5, 5.41) is 11.2. The van der Waals surface area contributed by atoms with Gasteiger partial charge in [0.15, 0.2) is 0 Å². The zero-order valence-electron chi connectivity index (χ0n) is 7.89. The van der Waals surface area contributed by atoms with Gasteiger partial charge in [0.25, 0.3) is 0 Å². The predicted molar refractivity (Wildman–Crippen MR) is 43.1 cm³/mol. The second-order valence-corrected chi connectivity index (χ2v) is 4.68. The molecule has 0 unspecified atom stereocenters. The highest BCUT2D eigenvalue weighted by molar-refractivity contribution is 5.01. The minimum Gasteiger partial charge on any atom is -0.353 e. The van der Waals surface area contributed by atoms with Crippen molar-refractivity contribution in [1.82, 2.24) is 5.06 Å². The first-order valence-corrected chi connectivity index (χ1v) is 4.11. The largest absolute Gasteiger partial charge is 0.353 e. The minimum absolute atomic E-state index is 0.115. The number of hydroxylamine groups is 2. The molecule has 0 aliphatic carbocycles. The molecular formula is C8H19N2O+. The van der Waals surface area contributed by atoms with Gasteiger partial charge in [-0.05, 0) is 27.7 Å². The molecule has 3 nitrogen and oxygen atoms in total. The van der Waals surface area contributed by atoms with Crippen LogP contribution in [0, 0.1) is 0 Å². The van der Waals surface area contributed by atoms with Gasteiger partial charge in [-0.25, -0.2) is 0 Å². The lowest BCUT2D eigenvalue weighted by molar-refractivity contribution is -0.438. The molecule has 4 N–H and O–H groups in total. The molecule has 1 heterocycles. The lowest BCUT2D eigenvalue weighted by atomic mass is 9.95. The maximum atomic E-state index is 9.75. The summed E-state index contributed by atoms with van der Waals surface area (Å²) in [6.07, 6.45) is 0.955. The van der Waals surface area contributed by atoms with Gasteiger partial charge in [0.2, 0.25) is 0 Å². The zero-order chi connectivity index (χ0) is 8.86. The van der Waals surface area contributed by atoms with Crippen molar-refractivity contribution in [3.8, 4) is 0 Å². The summed E-state index contributed by atoms with van der Waals surface area (Å²) in [6, 6.07) is 0.308. The molecule has 3 heteroatoms. The lowest BCUT2D eigenvalue weighted by Gasteiger charge is -2.33. The normalized spacial score (nSPS) is 36.0. The van der Waals surface area contributed by atoms with Gasteiger partial charge in [-0.1, -0.05) is 0 Å². The fourth-order valence-corrected chi connectivity index (χ4v) is 1.89. The number of hydrogen-bond acceptors (Lipinski definition) is 2. The number of rotatable bonds is 0. The summed E-state index contributed by atoms with van der Waals surface area (Å²) < 4.78 is 0. The first-order valence-electron chi connectivity index (χ1n) is 4.11. The second kappa shape index (κ2) is 2.19. The second-order valence-electron chi connectivity index (χ2n) is 4.68. The predicted octanol–water partition coefficient (Wildman–Crippen LogP) is 0.249. The van der Waals surface area contributed by atoms with Crippen molar-refractivity contribution in [2.75, 3.05) is 0 Å². The van der Waals surface area contributed by atoms with Crippen molar-refractivity contribution in [2.24, 2.45) is 0 Å². The average molecular weight is 159 g/mol. The molecule has 1 rings (SSSR count). The van der Waals surface area contributed by atoms with E-state index in [0.29, 0.717) is 6.04 Å². The molecule has 0 aromatic rings. The minimum atomic E-state index is -0.177. The van der Waals surface area contributed by atoms with Crippen LogP contribution in [-0.2, 0) is 0 Å². The summed E-state index contributed by atoms with van der Waals surface area (Å²) >= 11 is 0. The molecule has 0 amide bonds. The third-order valence-electron chi connectivity index (χ3n) is 2.86. The van der Waals surface area contributed by atoms with Gasteiger partial charge >= 0.3 is 0 Å². The van der Waals surface area contributed by atoms with Crippen molar-refractivity contribution in [2.45, 2.75) is 51.2 Å². The van der Waals surface area contributed by atoms with Gasteiger partial charge in [-0.15, -0.1) is 0 Å². The first-order chi connectivity index (χ1) is 4.78. The van der Waals surface area contributed by atoms with Crippen LogP contribution in [0.3, 0.4) is 0 Å². The van der Waals surface area contributed by atoms with E-state index in [2.05, 4.69) is 5.73 Å². The Bertz CT molecular complexity index is 165. The van der Waals surface area contributed by atoms with Gasteiger partial charge in [-0.3, -0.25) is 0 Å². The van der Waals surface area contributed by atoms with Crippen LogP contribution < -0.4 is 5.73 Å². The van der Waals surface area contributed by atoms with E-state index in [-0.39, 0.29) is 11.1 Å². The molecule has 0 saturated carbocycles. The molecule has 0 aromatic heterocycles. The molecule has 0 bridgehead atoms. The molecule has 1 saturated heterocycles. The summed E-state index contributed by atoms with van der Waals surface area (Å²) in [4.78, 5) is 0. The average Bonchev–Trinajstić information content (AvgIpc) is 1.94. The van der Waals surface area contributed by atoms with Crippen molar-refractivity contribution in [3.63, 3.8) is 0 Å².